The number of benzene rings is 1. The van der Waals surface area contributed by atoms with Gasteiger partial charge in [0.05, 0.1) is 11.9 Å². The van der Waals surface area contributed by atoms with Crippen LogP contribution in [-0.4, -0.2) is 25.0 Å². The molecule has 0 aliphatic rings. The monoisotopic (exact) mass is 270 g/mol. The summed E-state index contributed by atoms with van der Waals surface area (Å²) in [7, 11) is -2.92. The van der Waals surface area contributed by atoms with Crippen LogP contribution in [0.4, 0.5) is 0 Å². The molecule has 0 aliphatic heterocycles. The molecule has 102 valence electrons. The Morgan fingerprint density at radius 3 is 2.22 bits per heavy atom. The number of sulfone groups is 1. The van der Waals surface area contributed by atoms with Crippen LogP contribution < -0.4 is 0 Å². The maximum Gasteiger partial charge on any atom is 0.150 e. The number of hydrogen-bond acceptors (Lipinski definition) is 3. The van der Waals surface area contributed by atoms with Crippen LogP contribution in [0.3, 0.4) is 0 Å². The average molecular weight is 270 g/mol. The maximum atomic E-state index is 11.3. The van der Waals surface area contributed by atoms with E-state index < -0.39 is 15.9 Å². The highest BCUT2D eigenvalue weighted by molar-refractivity contribution is 7.91. The molecule has 1 aromatic carbocycles. The summed E-state index contributed by atoms with van der Waals surface area (Å²) in [5.74, 6) is 0.331. The van der Waals surface area contributed by atoms with Gasteiger partial charge in [0.15, 0.2) is 0 Å². The molecule has 1 aromatic rings. The first-order valence-corrected chi connectivity index (χ1v) is 8.13. The molecular weight excluding hydrogens is 248 g/mol. The SMILES string of the molecule is CCS(=O)(=O)CCCC(O)c1cc(C)cc(C)c1. The number of aliphatic hydroxyl groups is 1. The van der Waals surface area contributed by atoms with E-state index in [1.54, 1.807) is 6.92 Å². The van der Waals surface area contributed by atoms with Crippen molar-refractivity contribution in [2.24, 2.45) is 0 Å². The van der Waals surface area contributed by atoms with Crippen molar-refractivity contribution in [3.05, 3.63) is 34.9 Å². The van der Waals surface area contributed by atoms with Crippen molar-refractivity contribution in [1.29, 1.82) is 0 Å². The summed E-state index contributed by atoms with van der Waals surface area (Å²) >= 11 is 0. The van der Waals surface area contributed by atoms with E-state index in [-0.39, 0.29) is 11.5 Å². The Hall–Kier alpha value is -0.870. The van der Waals surface area contributed by atoms with E-state index in [0.717, 1.165) is 16.7 Å². The maximum absolute atomic E-state index is 11.3. The topological polar surface area (TPSA) is 54.4 Å². The van der Waals surface area contributed by atoms with Crippen molar-refractivity contribution in [3.63, 3.8) is 0 Å². The molecule has 0 fully saturated rings. The summed E-state index contributed by atoms with van der Waals surface area (Å²) in [6.07, 6.45) is 0.419. The standard InChI is InChI=1S/C14H22O3S/c1-4-18(16,17)7-5-6-14(15)13-9-11(2)8-12(3)10-13/h8-10,14-15H,4-7H2,1-3H3. The van der Waals surface area contributed by atoms with Gasteiger partial charge in [-0.05, 0) is 32.3 Å². The molecule has 1 atom stereocenters. The van der Waals surface area contributed by atoms with Crippen LogP contribution in [0.5, 0.6) is 0 Å². The highest BCUT2D eigenvalue weighted by Gasteiger charge is 2.12. The van der Waals surface area contributed by atoms with Gasteiger partial charge in [0, 0.05) is 5.75 Å². The van der Waals surface area contributed by atoms with Crippen LogP contribution in [0, 0.1) is 13.8 Å². The predicted octanol–water partition coefficient (Wildman–Crippen LogP) is 2.55. The number of aryl methyl sites for hydroxylation is 2. The zero-order chi connectivity index (χ0) is 13.8. The molecule has 1 unspecified atom stereocenters. The Balaban J connectivity index is 2.58. The molecule has 0 saturated carbocycles. The first-order chi connectivity index (χ1) is 8.34. The van der Waals surface area contributed by atoms with Crippen LogP contribution in [0.1, 0.15) is 42.6 Å². The third kappa shape index (κ3) is 4.78. The van der Waals surface area contributed by atoms with Crippen LogP contribution >= 0.6 is 0 Å². The molecule has 18 heavy (non-hydrogen) atoms. The Bertz CT molecular complexity index is 472. The summed E-state index contributed by atoms with van der Waals surface area (Å²) < 4.78 is 22.7. The van der Waals surface area contributed by atoms with Crippen LogP contribution in [0.15, 0.2) is 18.2 Å². The Kier molecular flexibility index (Phi) is 5.35. The van der Waals surface area contributed by atoms with Gasteiger partial charge in [0.1, 0.15) is 9.84 Å². The lowest BCUT2D eigenvalue weighted by atomic mass is 10.0. The first kappa shape index (κ1) is 15.2. The molecule has 0 spiro atoms. The fraction of sp³-hybridized carbons (Fsp3) is 0.571. The Morgan fingerprint density at radius 2 is 1.72 bits per heavy atom. The fourth-order valence-electron chi connectivity index (χ4n) is 2.01. The fourth-order valence-corrected chi connectivity index (χ4v) is 2.91. The highest BCUT2D eigenvalue weighted by Crippen LogP contribution is 2.21. The lowest BCUT2D eigenvalue weighted by Crippen LogP contribution is -2.10. The molecular formula is C14H22O3S. The summed E-state index contributed by atoms with van der Waals surface area (Å²) in [4.78, 5) is 0. The normalized spacial score (nSPS) is 13.6. The second-order valence-corrected chi connectivity index (χ2v) is 7.29. The lowest BCUT2D eigenvalue weighted by Gasteiger charge is -2.12. The molecule has 0 radical (unpaired) electrons. The van der Waals surface area contributed by atoms with E-state index in [1.807, 2.05) is 26.0 Å². The van der Waals surface area contributed by atoms with E-state index in [9.17, 15) is 13.5 Å². The molecule has 0 aliphatic carbocycles. The van der Waals surface area contributed by atoms with E-state index in [0.29, 0.717) is 12.8 Å². The van der Waals surface area contributed by atoms with Crippen molar-refractivity contribution in [1.82, 2.24) is 0 Å². The van der Waals surface area contributed by atoms with Crippen molar-refractivity contribution in [3.8, 4) is 0 Å². The van der Waals surface area contributed by atoms with Crippen LogP contribution in [-0.2, 0) is 9.84 Å². The van der Waals surface area contributed by atoms with Gasteiger partial charge in [-0.3, -0.25) is 0 Å². The van der Waals surface area contributed by atoms with Gasteiger partial charge in [-0.2, -0.15) is 0 Å². The highest BCUT2D eigenvalue weighted by atomic mass is 32.2. The van der Waals surface area contributed by atoms with Gasteiger partial charge < -0.3 is 5.11 Å². The molecule has 1 N–H and O–H groups in total. The molecule has 4 heteroatoms. The molecule has 1 rings (SSSR count). The second-order valence-electron chi connectivity index (χ2n) is 4.82. The summed E-state index contributed by atoms with van der Waals surface area (Å²) in [6.45, 7) is 5.63. The molecule has 0 aromatic heterocycles. The number of hydrogen-bond donors (Lipinski definition) is 1. The number of rotatable bonds is 6. The molecule has 0 bridgehead atoms. The Morgan fingerprint density at radius 1 is 1.17 bits per heavy atom. The van der Waals surface area contributed by atoms with Gasteiger partial charge in [-0.25, -0.2) is 8.42 Å². The largest absolute Gasteiger partial charge is 0.388 e. The summed E-state index contributed by atoms with van der Waals surface area (Å²) in [5, 5.41) is 10.0. The van der Waals surface area contributed by atoms with Crippen molar-refractivity contribution >= 4 is 9.84 Å². The van der Waals surface area contributed by atoms with Crippen molar-refractivity contribution in [2.45, 2.75) is 39.7 Å². The van der Waals surface area contributed by atoms with Crippen LogP contribution in [0.2, 0.25) is 0 Å². The third-order valence-corrected chi connectivity index (χ3v) is 4.79. The van der Waals surface area contributed by atoms with Gasteiger partial charge in [0.2, 0.25) is 0 Å². The zero-order valence-corrected chi connectivity index (χ0v) is 12.1. The average Bonchev–Trinajstić information content (AvgIpc) is 2.27. The Labute approximate surface area is 110 Å². The first-order valence-electron chi connectivity index (χ1n) is 6.30. The zero-order valence-electron chi connectivity index (χ0n) is 11.3. The molecule has 0 amide bonds. The smallest absolute Gasteiger partial charge is 0.150 e. The third-order valence-electron chi connectivity index (χ3n) is 3.00. The minimum atomic E-state index is -2.92. The minimum absolute atomic E-state index is 0.158. The van der Waals surface area contributed by atoms with E-state index in [4.69, 9.17) is 0 Å². The van der Waals surface area contributed by atoms with Gasteiger partial charge in [-0.15, -0.1) is 0 Å². The summed E-state index contributed by atoms with van der Waals surface area (Å²) in [5.41, 5.74) is 3.11. The summed E-state index contributed by atoms with van der Waals surface area (Å²) in [6, 6.07) is 5.95. The number of aliphatic hydroxyl groups excluding tert-OH is 1. The van der Waals surface area contributed by atoms with Gasteiger partial charge in [-0.1, -0.05) is 36.2 Å². The van der Waals surface area contributed by atoms with E-state index in [1.165, 1.54) is 0 Å². The lowest BCUT2D eigenvalue weighted by molar-refractivity contribution is 0.166. The van der Waals surface area contributed by atoms with E-state index in [2.05, 4.69) is 6.07 Å². The molecule has 0 saturated heterocycles. The van der Waals surface area contributed by atoms with Gasteiger partial charge >= 0.3 is 0 Å². The quantitative estimate of drug-likeness (QED) is 0.864. The second kappa shape index (κ2) is 6.34. The van der Waals surface area contributed by atoms with Crippen LogP contribution in [0.25, 0.3) is 0 Å². The molecule has 3 nitrogen and oxygen atoms in total. The van der Waals surface area contributed by atoms with Crippen molar-refractivity contribution < 1.29 is 13.5 Å². The van der Waals surface area contributed by atoms with Crippen molar-refractivity contribution in [2.75, 3.05) is 11.5 Å². The van der Waals surface area contributed by atoms with Gasteiger partial charge in [0.25, 0.3) is 0 Å². The predicted molar refractivity (Wildman–Crippen MR) is 74.4 cm³/mol. The van der Waals surface area contributed by atoms with E-state index >= 15 is 0 Å². The molecule has 0 heterocycles. The minimum Gasteiger partial charge on any atom is -0.388 e.